The quantitative estimate of drug-likeness (QED) is 0.400. The van der Waals surface area contributed by atoms with Crippen LogP contribution in [0.25, 0.3) is 5.76 Å². The van der Waals surface area contributed by atoms with E-state index in [0.29, 0.717) is 23.5 Å². The average Bonchev–Trinajstić information content (AvgIpc) is 3.40. The van der Waals surface area contributed by atoms with Crippen LogP contribution in [0.2, 0.25) is 0 Å². The zero-order chi connectivity index (χ0) is 22.8. The minimum Gasteiger partial charge on any atom is -0.507 e. The number of benzene rings is 2. The number of phenolic OH excluding ortho intramolecular Hbond substituents is 1. The van der Waals surface area contributed by atoms with Crippen LogP contribution < -0.4 is 9.47 Å². The lowest BCUT2D eigenvalue weighted by Crippen LogP contribution is -2.37. The van der Waals surface area contributed by atoms with Gasteiger partial charge in [-0.15, -0.1) is 0 Å². The van der Waals surface area contributed by atoms with Crippen LogP contribution in [0.3, 0.4) is 0 Å². The van der Waals surface area contributed by atoms with Crippen molar-refractivity contribution < 1.29 is 29.3 Å². The molecule has 7 heteroatoms. The maximum Gasteiger partial charge on any atom is 0.295 e. The Labute approximate surface area is 186 Å². The van der Waals surface area contributed by atoms with Crippen molar-refractivity contribution in [1.82, 2.24) is 4.90 Å². The number of aliphatic hydroxyl groups excluding tert-OH is 1. The molecular formula is C25H27NO6. The third-order valence-electron chi connectivity index (χ3n) is 6.14. The first-order valence-corrected chi connectivity index (χ1v) is 10.9. The summed E-state index contributed by atoms with van der Waals surface area (Å²) in [6, 6.07) is 10.7. The van der Waals surface area contributed by atoms with Gasteiger partial charge in [0.1, 0.15) is 11.5 Å². The number of aliphatic hydroxyl groups is 1. The van der Waals surface area contributed by atoms with Crippen LogP contribution in [0.5, 0.6) is 17.2 Å². The van der Waals surface area contributed by atoms with E-state index in [4.69, 9.17) is 9.47 Å². The van der Waals surface area contributed by atoms with Gasteiger partial charge in [0.25, 0.3) is 11.7 Å². The largest absolute Gasteiger partial charge is 0.507 e. The monoisotopic (exact) mass is 437 g/mol. The van der Waals surface area contributed by atoms with Crippen molar-refractivity contribution in [3.8, 4) is 17.2 Å². The van der Waals surface area contributed by atoms with Crippen LogP contribution in [0.15, 0.2) is 48.0 Å². The van der Waals surface area contributed by atoms with Gasteiger partial charge in [-0.05, 0) is 49.6 Å². The first-order chi connectivity index (χ1) is 15.5. The number of hydrogen-bond acceptors (Lipinski definition) is 6. The highest BCUT2D eigenvalue weighted by molar-refractivity contribution is 6.46. The Morgan fingerprint density at radius 1 is 1.12 bits per heavy atom. The number of amides is 1. The van der Waals surface area contributed by atoms with Crippen molar-refractivity contribution in [1.29, 1.82) is 0 Å². The molecule has 1 saturated carbocycles. The standard InChI is InChI=1S/C25H27NO6/c1-3-32-18-10-6-7-16(13-18)23(28)21-22(15-11-12-20(31-2)19(27)14-15)26(25(30)24(21)29)17-8-4-5-9-17/h6-7,10-14,17,22,27-28H,3-5,8-9H2,1-2H3/b23-21-. The molecule has 0 aromatic heterocycles. The summed E-state index contributed by atoms with van der Waals surface area (Å²) in [5.74, 6) is -0.863. The van der Waals surface area contributed by atoms with Gasteiger partial charge < -0.3 is 24.6 Å². The van der Waals surface area contributed by atoms with E-state index in [-0.39, 0.29) is 28.9 Å². The van der Waals surface area contributed by atoms with Crippen LogP contribution in [0.1, 0.15) is 49.8 Å². The fourth-order valence-corrected chi connectivity index (χ4v) is 4.67. The molecule has 1 heterocycles. The first-order valence-electron chi connectivity index (χ1n) is 10.9. The Balaban J connectivity index is 1.87. The number of ketones is 1. The van der Waals surface area contributed by atoms with E-state index < -0.39 is 17.7 Å². The number of carbonyl (C=O) groups excluding carboxylic acids is 2. The fraction of sp³-hybridized carbons (Fsp3) is 0.360. The van der Waals surface area contributed by atoms with Crippen molar-refractivity contribution in [2.45, 2.75) is 44.7 Å². The maximum atomic E-state index is 13.2. The SMILES string of the molecule is CCOc1cccc(/C(O)=C2/C(=O)C(=O)N(C3CCCC3)C2c2ccc(OC)c(O)c2)c1. The molecule has 2 aromatic carbocycles. The number of aromatic hydroxyl groups is 1. The molecule has 2 aliphatic rings. The lowest BCUT2D eigenvalue weighted by molar-refractivity contribution is -0.141. The molecule has 32 heavy (non-hydrogen) atoms. The number of phenols is 1. The Bertz CT molecular complexity index is 1070. The van der Waals surface area contributed by atoms with Crippen molar-refractivity contribution >= 4 is 17.4 Å². The van der Waals surface area contributed by atoms with Crippen molar-refractivity contribution in [2.24, 2.45) is 0 Å². The van der Waals surface area contributed by atoms with E-state index in [1.165, 1.54) is 13.2 Å². The molecule has 1 aliphatic carbocycles. The van der Waals surface area contributed by atoms with Gasteiger partial charge in [-0.2, -0.15) is 0 Å². The summed E-state index contributed by atoms with van der Waals surface area (Å²) in [7, 11) is 1.45. The number of nitrogens with zero attached hydrogens (tertiary/aromatic N) is 1. The number of methoxy groups -OCH3 is 1. The third kappa shape index (κ3) is 3.79. The zero-order valence-electron chi connectivity index (χ0n) is 18.2. The second-order valence-corrected chi connectivity index (χ2v) is 8.04. The van der Waals surface area contributed by atoms with E-state index in [2.05, 4.69) is 0 Å². The lowest BCUT2D eigenvalue weighted by atomic mass is 9.94. The van der Waals surface area contributed by atoms with E-state index in [9.17, 15) is 19.8 Å². The van der Waals surface area contributed by atoms with Gasteiger partial charge in [0, 0.05) is 11.6 Å². The maximum absolute atomic E-state index is 13.2. The van der Waals surface area contributed by atoms with E-state index in [1.807, 2.05) is 6.92 Å². The van der Waals surface area contributed by atoms with Gasteiger partial charge in [0.15, 0.2) is 11.5 Å². The summed E-state index contributed by atoms with van der Waals surface area (Å²) >= 11 is 0. The van der Waals surface area contributed by atoms with E-state index in [0.717, 1.165) is 25.7 Å². The molecule has 1 saturated heterocycles. The van der Waals surface area contributed by atoms with Gasteiger partial charge in [-0.1, -0.05) is 31.0 Å². The van der Waals surface area contributed by atoms with E-state index >= 15 is 0 Å². The molecule has 1 amide bonds. The van der Waals surface area contributed by atoms with Gasteiger partial charge >= 0.3 is 0 Å². The van der Waals surface area contributed by atoms with Crippen molar-refractivity contribution in [3.63, 3.8) is 0 Å². The summed E-state index contributed by atoms with van der Waals surface area (Å²) in [6.07, 6.45) is 3.55. The number of Topliss-reactive ketones (excluding diaryl/α,β-unsaturated/α-hetero) is 1. The van der Waals surface area contributed by atoms with Gasteiger partial charge in [0.05, 0.1) is 25.3 Å². The molecule has 0 bridgehead atoms. The van der Waals surface area contributed by atoms with Gasteiger partial charge in [-0.3, -0.25) is 9.59 Å². The highest BCUT2D eigenvalue weighted by atomic mass is 16.5. The molecule has 1 aliphatic heterocycles. The molecule has 2 aromatic rings. The topological polar surface area (TPSA) is 96.3 Å². The van der Waals surface area contributed by atoms with Crippen LogP contribution >= 0.6 is 0 Å². The van der Waals surface area contributed by atoms with Crippen molar-refractivity contribution in [2.75, 3.05) is 13.7 Å². The van der Waals surface area contributed by atoms with Gasteiger partial charge in [0.2, 0.25) is 0 Å². The Kier molecular flexibility index (Phi) is 6.08. The average molecular weight is 437 g/mol. The second-order valence-electron chi connectivity index (χ2n) is 8.04. The van der Waals surface area contributed by atoms with Crippen LogP contribution in [-0.4, -0.2) is 46.6 Å². The Morgan fingerprint density at radius 2 is 1.88 bits per heavy atom. The normalized spacial score (nSPS) is 20.7. The fourth-order valence-electron chi connectivity index (χ4n) is 4.67. The molecule has 0 radical (unpaired) electrons. The molecule has 1 atom stereocenters. The summed E-state index contributed by atoms with van der Waals surface area (Å²) in [5, 5.41) is 21.6. The van der Waals surface area contributed by atoms with Crippen LogP contribution in [-0.2, 0) is 9.59 Å². The predicted octanol–water partition coefficient (Wildman–Crippen LogP) is 4.16. The highest BCUT2D eigenvalue weighted by Gasteiger charge is 2.49. The molecule has 1 unspecified atom stereocenters. The van der Waals surface area contributed by atoms with Crippen LogP contribution in [0, 0.1) is 0 Å². The first kappa shape index (κ1) is 21.7. The Hall–Kier alpha value is -3.48. The minimum absolute atomic E-state index is 0.0140. The van der Waals surface area contributed by atoms with Gasteiger partial charge in [-0.25, -0.2) is 0 Å². The number of hydrogen-bond donors (Lipinski definition) is 2. The molecule has 168 valence electrons. The molecule has 7 nitrogen and oxygen atoms in total. The number of carbonyl (C=O) groups is 2. The highest BCUT2D eigenvalue weighted by Crippen LogP contribution is 2.45. The van der Waals surface area contributed by atoms with E-state index in [1.54, 1.807) is 41.3 Å². The number of likely N-dealkylation sites (tertiary alicyclic amines) is 1. The molecule has 2 fully saturated rings. The summed E-state index contributed by atoms with van der Waals surface area (Å²) in [4.78, 5) is 27.9. The van der Waals surface area contributed by atoms with Crippen molar-refractivity contribution in [3.05, 3.63) is 59.2 Å². The smallest absolute Gasteiger partial charge is 0.295 e. The molecule has 4 rings (SSSR count). The summed E-state index contributed by atoms with van der Waals surface area (Å²) < 4.78 is 10.7. The minimum atomic E-state index is -0.800. The lowest BCUT2D eigenvalue weighted by Gasteiger charge is -2.31. The number of ether oxygens (including phenoxy) is 2. The zero-order valence-corrected chi connectivity index (χ0v) is 18.2. The van der Waals surface area contributed by atoms with Crippen LogP contribution in [0.4, 0.5) is 0 Å². The molecule has 2 N–H and O–H groups in total. The Morgan fingerprint density at radius 3 is 2.53 bits per heavy atom. The third-order valence-corrected chi connectivity index (χ3v) is 6.14. The molecule has 0 spiro atoms. The molecular weight excluding hydrogens is 410 g/mol. The second kappa shape index (κ2) is 8.94. The predicted molar refractivity (Wildman–Crippen MR) is 119 cm³/mol. The summed E-state index contributed by atoms with van der Waals surface area (Å²) in [5.41, 5.74) is 0.945. The number of rotatable bonds is 6. The summed E-state index contributed by atoms with van der Waals surface area (Å²) in [6.45, 7) is 2.32.